The molecule has 0 unspecified atom stereocenters. The molecule has 29 heavy (non-hydrogen) atoms. The van der Waals surface area contributed by atoms with Gasteiger partial charge in [0, 0.05) is 25.1 Å². The van der Waals surface area contributed by atoms with Crippen LogP contribution in [0.3, 0.4) is 0 Å². The molecule has 152 valence electrons. The van der Waals surface area contributed by atoms with Crippen LogP contribution in [0.15, 0.2) is 36.3 Å². The number of aliphatic hydroxyl groups is 1. The van der Waals surface area contributed by atoms with Crippen LogP contribution in [0, 0.1) is 13.8 Å². The Balaban J connectivity index is 2.10. The molecular formula is C21H25N5O3. The van der Waals surface area contributed by atoms with Crippen molar-refractivity contribution in [3.63, 3.8) is 0 Å². The van der Waals surface area contributed by atoms with Crippen LogP contribution in [0.5, 0.6) is 0 Å². The van der Waals surface area contributed by atoms with Gasteiger partial charge < -0.3 is 14.9 Å². The van der Waals surface area contributed by atoms with Crippen LogP contribution in [0.25, 0.3) is 5.76 Å². The van der Waals surface area contributed by atoms with Crippen LogP contribution >= 0.6 is 0 Å². The van der Waals surface area contributed by atoms with E-state index in [0.29, 0.717) is 35.6 Å². The first-order chi connectivity index (χ1) is 13.8. The van der Waals surface area contributed by atoms with E-state index in [1.165, 1.54) is 11.1 Å². The number of aromatic nitrogens is 3. The average Bonchev–Trinajstić information content (AvgIpc) is 2.93. The highest BCUT2D eigenvalue weighted by atomic mass is 16.3. The van der Waals surface area contributed by atoms with Crippen molar-refractivity contribution >= 4 is 17.4 Å². The van der Waals surface area contributed by atoms with Crippen LogP contribution in [-0.4, -0.2) is 68.7 Å². The second-order valence-corrected chi connectivity index (χ2v) is 7.35. The zero-order valence-corrected chi connectivity index (χ0v) is 17.1. The van der Waals surface area contributed by atoms with E-state index in [2.05, 4.69) is 15.0 Å². The van der Waals surface area contributed by atoms with Gasteiger partial charge in [0.05, 0.1) is 22.9 Å². The van der Waals surface area contributed by atoms with E-state index in [9.17, 15) is 14.7 Å². The van der Waals surface area contributed by atoms with Crippen molar-refractivity contribution in [2.24, 2.45) is 0 Å². The Morgan fingerprint density at radius 3 is 2.62 bits per heavy atom. The normalized spacial score (nSPS) is 18.7. The third-order valence-electron chi connectivity index (χ3n) is 4.90. The maximum absolute atomic E-state index is 12.9. The summed E-state index contributed by atoms with van der Waals surface area (Å²) in [5.74, 6) is -1.03. The lowest BCUT2D eigenvalue weighted by molar-refractivity contribution is -0.139. The van der Waals surface area contributed by atoms with Crippen molar-refractivity contribution < 1.29 is 14.7 Å². The predicted octanol–water partition coefficient (Wildman–Crippen LogP) is 1.86. The van der Waals surface area contributed by atoms with Gasteiger partial charge in [0.2, 0.25) is 0 Å². The molecule has 2 aromatic rings. The minimum Gasteiger partial charge on any atom is -0.507 e. The lowest BCUT2D eigenvalue weighted by Gasteiger charge is -2.25. The number of hydrogen-bond donors (Lipinski definition) is 1. The first-order valence-corrected chi connectivity index (χ1v) is 9.45. The van der Waals surface area contributed by atoms with Gasteiger partial charge in [-0.2, -0.15) is 0 Å². The highest BCUT2D eigenvalue weighted by Gasteiger charge is 2.46. The number of hydrogen-bond acceptors (Lipinski definition) is 7. The van der Waals surface area contributed by atoms with Crippen molar-refractivity contribution in [2.75, 3.05) is 27.2 Å². The molecule has 1 aliphatic rings. The Morgan fingerprint density at radius 2 is 2.00 bits per heavy atom. The van der Waals surface area contributed by atoms with Gasteiger partial charge in [-0.3, -0.25) is 14.6 Å². The number of carbonyl (C=O) groups is 2. The fraction of sp³-hybridized carbons (Fsp3) is 0.381. The number of likely N-dealkylation sites (tertiary alicyclic amines) is 1. The maximum Gasteiger partial charge on any atom is 0.295 e. The third kappa shape index (κ3) is 4.17. The zero-order valence-electron chi connectivity index (χ0n) is 17.1. The molecule has 1 N–H and O–H groups in total. The molecule has 8 heteroatoms. The first kappa shape index (κ1) is 20.6. The summed E-state index contributed by atoms with van der Waals surface area (Å²) in [6, 6.07) is 2.84. The molecule has 8 nitrogen and oxygen atoms in total. The number of nitrogens with zero attached hydrogens (tertiary/aromatic N) is 5. The van der Waals surface area contributed by atoms with Crippen molar-refractivity contribution in [1.82, 2.24) is 24.8 Å². The largest absolute Gasteiger partial charge is 0.507 e. The minimum atomic E-state index is -0.707. The summed E-state index contributed by atoms with van der Waals surface area (Å²) >= 11 is 0. The summed E-state index contributed by atoms with van der Waals surface area (Å²) < 4.78 is 0. The van der Waals surface area contributed by atoms with E-state index in [4.69, 9.17) is 0 Å². The molecule has 0 aromatic carbocycles. The van der Waals surface area contributed by atoms with Crippen molar-refractivity contribution in [3.8, 4) is 0 Å². The molecule has 0 spiro atoms. The van der Waals surface area contributed by atoms with Gasteiger partial charge in [-0.05, 0) is 52.5 Å². The summed E-state index contributed by atoms with van der Waals surface area (Å²) in [5.41, 5.74) is 1.60. The molecule has 3 heterocycles. The molecule has 3 rings (SSSR count). The van der Waals surface area contributed by atoms with Gasteiger partial charge in [0.15, 0.2) is 0 Å². The molecular weight excluding hydrogens is 370 g/mol. The SMILES string of the molecule is Cc1ncc(/C(O)=C2\C(=O)C(=O)N(CCCN(C)C)[C@@H]2c2cccnc2)c(C)n1. The average molecular weight is 395 g/mol. The molecule has 0 aliphatic carbocycles. The number of amides is 1. The molecule has 0 bridgehead atoms. The summed E-state index contributed by atoms with van der Waals surface area (Å²) in [4.78, 5) is 41.8. The van der Waals surface area contributed by atoms with Gasteiger partial charge in [0.1, 0.15) is 11.6 Å². The van der Waals surface area contributed by atoms with Crippen LogP contribution in [-0.2, 0) is 9.59 Å². The van der Waals surface area contributed by atoms with Crippen LogP contribution < -0.4 is 0 Å². The number of rotatable bonds is 6. The van der Waals surface area contributed by atoms with Crippen LogP contribution in [0.4, 0.5) is 0 Å². The lowest BCUT2D eigenvalue weighted by atomic mass is 9.96. The van der Waals surface area contributed by atoms with Gasteiger partial charge in [-0.15, -0.1) is 0 Å². The van der Waals surface area contributed by atoms with Crippen molar-refractivity contribution in [1.29, 1.82) is 0 Å². The maximum atomic E-state index is 12.9. The van der Waals surface area contributed by atoms with Crippen LogP contribution in [0.1, 0.15) is 35.1 Å². The zero-order chi connectivity index (χ0) is 21.1. The minimum absolute atomic E-state index is 0.0448. The standard InChI is InChI=1S/C21H25N5O3/c1-13-16(12-23-14(2)24-13)19(27)17-18(15-7-5-8-22-11-15)26(21(29)20(17)28)10-6-9-25(3)4/h5,7-8,11-12,18,27H,6,9-10H2,1-4H3/b19-17+/t18-/m1/s1. The molecule has 0 radical (unpaired) electrons. The van der Waals surface area contributed by atoms with E-state index in [1.54, 1.807) is 38.4 Å². The van der Waals surface area contributed by atoms with Crippen LogP contribution in [0.2, 0.25) is 0 Å². The van der Waals surface area contributed by atoms with Crippen molar-refractivity contribution in [2.45, 2.75) is 26.3 Å². The number of aliphatic hydroxyl groups excluding tert-OH is 1. The topological polar surface area (TPSA) is 99.5 Å². The van der Waals surface area contributed by atoms with E-state index in [1.807, 2.05) is 19.0 Å². The molecule has 1 saturated heterocycles. The van der Waals surface area contributed by atoms with Gasteiger partial charge >= 0.3 is 0 Å². The Morgan fingerprint density at radius 1 is 1.24 bits per heavy atom. The summed E-state index contributed by atoms with van der Waals surface area (Å²) in [6.45, 7) is 4.64. The number of carbonyl (C=O) groups excluding carboxylic acids is 2. The number of pyridine rings is 1. The van der Waals surface area contributed by atoms with E-state index in [0.717, 1.165) is 6.54 Å². The van der Waals surface area contributed by atoms with Gasteiger partial charge in [0.25, 0.3) is 11.7 Å². The second kappa shape index (κ2) is 8.48. The molecule has 2 aromatic heterocycles. The third-order valence-corrected chi connectivity index (χ3v) is 4.90. The first-order valence-electron chi connectivity index (χ1n) is 9.45. The van der Waals surface area contributed by atoms with E-state index >= 15 is 0 Å². The van der Waals surface area contributed by atoms with Gasteiger partial charge in [-0.1, -0.05) is 6.07 Å². The Kier molecular flexibility index (Phi) is 6.03. The number of aryl methyl sites for hydroxylation is 2. The molecule has 1 aliphatic heterocycles. The fourth-order valence-corrected chi connectivity index (χ4v) is 3.51. The van der Waals surface area contributed by atoms with E-state index < -0.39 is 17.7 Å². The summed E-state index contributed by atoms with van der Waals surface area (Å²) in [5, 5.41) is 11.0. The monoisotopic (exact) mass is 395 g/mol. The number of ketones is 1. The Hall–Kier alpha value is -3.13. The molecule has 0 saturated carbocycles. The lowest BCUT2D eigenvalue weighted by Crippen LogP contribution is -2.32. The second-order valence-electron chi connectivity index (χ2n) is 7.35. The predicted molar refractivity (Wildman–Crippen MR) is 108 cm³/mol. The summed E-state index contributed by atoms with van der Waals surface area (Å²) in [6.07, 6.45) is 5.41. The smallest absolute Gasteiger partial charge is 0.295 e. The Bertz CT molecular complexity index is 956. The molecule has 1 fully saturated rings. The van der Waals surface area contributed by atoms with Crippen molar-refractivity contribution in [3.05, 3.63) is 58.9 Å². The fourth-order valence-electron chi connectivity index (χ4n) is 3.51. The summed E-state index contributed by atoms with van der Waals surface area (Å²) in [7, 11) is 3.90. The highest BCUT2D eigenvalue weighted by molar-refractivity contribution is 6.46. The van der Waals surface area contributed by atoms with E-state index in [-0.39, 0.29) is 11.3 Å². The Labute approximate surface area is 169 Å². The van der Waals surface area contributed by atoms with Gasteiger partial charge in [-0.25, -0.2) is 9.97 Å². The highest BCUT2D eigenvalue weighted by Crippen LogP contribution is 2.39. The quantitative estimate of drug-likeness (QED) is 0.453. The number of Topliss-reactive ketones (excluding diaryl/α,β-unsaturated/α-hetero) is 1. The molecule has 1 amide bonds. The molecule has 1 atom stereocenters.